The molecule has 6 aliphatic heterocycles. The number of benzene rings is 5. The summed E-state index contributed by atoms with van der Waals surface area (Å²) in [6.07, 6.45) is 22.2. The molecule has 5 aromatic carbocycles. The molecule has 0 aliphatic carbocycles. The van der Waals surface area contributed by atoms with Crippen molar-refractivity contribution < 1.29 is 30.6 Å². The van der Waals surface area contributed by atoms with E-state index < -0.39 is 0 Å². The normalized spacial score (nSPS) is 17.7. The number of likely N-dealkylation sites (tertiary alicyclic amines) is 1. The average Bonchev–Trinajstić information content (AvgIpc) is 1.65. The molecule has 10 aromatic heterocycles. The molecule has 0 bridgehead atoms. The van der Waals surface area contributed by atoms with Crippen molar-refractivity contribution >= 4 is 23.3 Å². The molecule has 9 N–H and O–H groups in total. The molecular weight excluding hydrogens is 1630 g/mol. The number of nitrogens with zero attached hydrogens (tertiary/aromatic N) is 26. The molecular formula is C94H105N29O6. The lowest BCUT2D eigenvalue weighted by atomic mass is 9.86. The standard InChI is InChI=1S/C21H24N6O.C19H22N6O2.C19H22N6O.C18H20N6O.C17H17N5O/c1-25-11-7-21(14-25)8-12-26(15-21)20-6-5-18(23-24-20)17-4-3-16(13-19(17)28)27-10-2-9-22-27;26-13-12-23-8-10-24(11-9-23)19-5-4-17(21-22-19)16-3-2-15(14-18(16)27)25-7-1-6-20-25;1-13-11-24(12-14(2)21-13)19-7-6-17(22-23-19)16-5-4-15(10-18(16)26)25-9-3-8-20-25;25-17-13-14(24-11-2-8-20-24)3-4-15(17)16-5-6-18(22-21-16)23-10-1-7-19-9-12-23;23-17-9-14(22-7-1-6-19-22)3-4-15(17)16-5-2-13(20-21-16)8-12-10-18-11-12/h2-6,9-10,13,28H,7-8,11-12,14-15H2,1H3;1-7,14,26-27H,8-13H2;3-10,13-14,21,26H,11-12H2,1-2H3;2-6,8,11,13,19,25H,1,7,9-10,12H2;1-7,9,12,18,23H,8,10-11H2. The summed E-state index contributed by atoms with van der Waals surface area (Å²) in [6.45, 7) is 21.0. The smallest absolute Gasteiger partial charge is 0.151 e. The number of aromatic nitrogens is 20. The van der Waals surface area contributed by atoms with Crippen molar-refractivity contribution in [1.29, 1.82) is 0 Å². The third-order valence-corrected chi connectivity index (χ3v) is 23.9. The van der Waals surface area contributed by atoms with Crippen LogP contribution < -0.4 is 35.6 Å². The van der Waals surface area contributed by atoms with Gasteiger partial charge in [-0.25, -0.2) is 23.4 Å². The Morgan fingerprint density at radius 2 is 0.736 bits per heavy atom. The van der Waals surface area contributed by atoms with Crippen LogP contribution in [0.2, 0.25) is 0 Å². The number of β-amino-alcohol motifs (C(OH)–C–C–N with tert-alkyl or cyclic N) is 1. The van der Waals surface area contributed by atoms with Gasteiger partial charge in [-0.15, -0.1) is 40.8 Å². The van der Waals surface area contributed by atoms with Crippen molar-refractivity contribution in [2.24, 2.45) is 11.3 Å². The summed E-state index contributed by atoms with van der Waals surface area (Å²) >= 11 is 0. The van der Waals surface area contributed by atoms with E-state index in [1.54, 1.807) is 84.7 Å². The number of phenols is 5. The lowest BCUT2D eigenvalue weighted by Gasteiger charge is -2.36. The second-order valence-corrected chi connectivity index (χ2v) is 33.2. The SMILES string of the molecule is CC1CN(c2ccc(-c3ccc(-n4cccn4)cc3O)nn2)CC(C)N1.CN1CCC2(CCN(c3ccc(-c4ccc(-n5cccn5)cc4O)nn3)C2)C1.OCCN1CCN(c2ccc(-c3ccc(-n4cccn4)cc3O)nn2)CC1.Oc1cc(-n2cccn2)ccc1-c1ccc(CC2CNC2)nn1.Oc1cc(-n2cccn2)ccc1-c1ccc(N2CCCNCC2)nn1. The maximum atomic E-state index is 10.5. The van der Waals surface area contributed by atoms with E-state index in [0.29, 0.717) is 86.2 Å². The van der Waals surface area contributed by atoms with Crippen LogP contribution in [0.5, 0.6) is 28.7 Å². The minimum Gasteiger partial charge on any atom is -0.507 e. The Kier molecular flexibility index (Phi) is 27.2. The number of aromatic hydroxyl groups is 5. The van der Waals surface area contributed by atoms with Gasteiger partial charge in [-0.05, 0) is 230 Å². The number of hydrogen-bond donors (Lipinski definition) is 9. The predicted octanol–water partition coefficient (Wildman–Crippen LogP) is 9.57. The molecule has 6 saturated heterocycles. The minimum atomic E-state index is 0.141. The van der Waals surface area contributed by atoms with Gasteiger partial charge in [-0.2, -0.15) is 35.7 Å². The van der Waals surface area contributed by atoms with Gasteiger partial charge in [0.15, 0.2) is 23.3 Å². The molecule has 35 nitrogen and oxygen atoms in total. The fraction of sp³-hybridized carbons (Fsp3) is 0.309. The van der Waals surface area contributed by atoms with Gasteiger partial charge < -0.3 is 71.1 Å². The van der Waals surface area contributed by atoms with Gasteiger partial charge >= 0.3 is 0 Å². The van der Waals surface area contributed by atoms with E-state index in [0.717, 1.165) is 162 Å². The summed E-state index contributed by atoms with van der Waals surface area (Å²) in [5.41, 5.74) is 12.0. The van der Waals surface area contributed by atoms with Crippen molar-refractivity contribution in [2.45, 2.75) is 51.6 Å². The minimum absolute atomic E-state index is 0.141. The Hall–Kier alpha value is -14.5. The van der Waals surface area contributed by atoms with Crippen LogP contribution in [0.3, 0.4) is 0 Å². The molecule has 1 spiro atoms. The van der Waals surface area contributed by atoms with Gasteiger partial charge in [0.25, 0.3) is 0 Å². The van der Waals surface area contributed by atoms with E-state index in [4.69, 9.17) is 5.11 Å². The number of rotatable bonds is 18. The first-order chi connectivity index (χ1) is 63.1. The second kappa shape index (κ2) is 40.4. The van der Waals surface area contributed by atoms with Gasteiger partial charge in [0.05, 0.1) is 69.2 Å². The summed E-state index contributed by atoms with van der Waals surface area (Å²) in [5.74, 6) is 4.95. The lowest BCUT2D eigenvalue weighted by molar-refractivity contribution is 0.188. The molecule has 3 atom stereocenters. The molecule has 3 unspecified atom stereocenters. The summed E-state index contributed by atoms with van der Waals surface area (Å²) in [6, 6.07) is 56.5. The monoisotopic (exact) mass is 1740 g/mol. The first kappa shape index (κ1) is 86.6. The Morgan fingerprint density at radius 1 is 0.364 bits per heavy atom. The number of piperazine rings is 2. The van der Waals surface area contributed by atoms with Crippen LogP contribution >= 0.6 is 0 Å². The summed E-state index contributed by atoms with van der Waals surface area (Å²) in [4.78, 5) is 13.7. The number of aliphatic hydroxyl groups is 1. The Balaban J connectivity index is 0.000000113. The van der Waals surface area contributed by atoms with Crippen LogP contribution in [0.25, 0.3) is 84.7 Å². The van der Waals surface area contributed by atoms with E-state index in [1.165, 1.54) is 25.9 Å². The van der Waals surface area contributed by atoms with E-state index in [1.807, 2.05) is 183 Å². The van der Waals surface area contributed by atoms with Crippen molar-refractivity contribution in [1.82, 2.24) is 126 Å². The molecule has 6 fully saturated rings. The maximum Gasteiger partial charge on any atom is 0.151 e. The van der Waals surface area contributed by atoms with Gasteiger partial charge in [-0.1, -0.05) is 0 Å². The summed E-state index contributed by atoms with van der Waals surface area (Å²) in [5, 5.41) is 135. The van der Waals surface area contributed by atoms with Crippen LogP contribution in [-0.2, 0) is 6.42 Å². The Bertz CT molecular complexity index is 6050. The average molecular weight is 1740 g/mol. The first-order valence-electron chi connectivity index (χ1n) is 43.6. The highest BCUT2D eigenvalue weighted by Crippen LogP contribution is 2.42. The molecule has 0 amide bonds. The second-order valence-electron chi connectivity index (χ2n) is 33.2. The van der Waals surface area contributed by atoms with E-state index in [-0.39, 0.29) is 35.4 Å². The van der Waals surface area contributed by atoms with Crippen molar-refractivity contribution in [3.8, 4) is 113 Å². The number of hydrogen-bond acceptors (Lipinski definition) is 30. The van der Waals surface area contributed by atoms with Crippen LogP contribution in [0.4, 0.5) is 23.3 Å². The highest BCUT2D eigenvalue weighted by atomic mass is 16.3. The molecule has 0 radical (unpaired) electrons. The zero-order chi connectivity index (χ0) is 88.6. The number of anilines is 4. The van der Waals surface area contributed by atoms with Crippen LogP contribution in [0.1, 0.15) is 38.8 Å². The van der Waals surface area contributed by atoms with Crippen molar-refractivity contribution in [3.05, 3.63) is 250 Å². The van der Waals surface area contributed by atoms with E-state index in [9.17, 15) is 25.5 Å². The summed E-state index contributed by atoms with van der Waals surface area (Å²) in [7, 11) is 2.20. The maximum absolute atomic E-state index is 10.5. The van der Waals surface area contributed by atoms with Crippen LogP contribution in [-0.4, -0.2) is 277 Å². The predicted molar refractivity (Wildman–Crippen MR) is 492 cm³/mol. The zero-order valence-electron chi connectivity index (χ0n) is 72.2. The molecule has 6 aliphatic rings. The van der Waals surface area contributed by atoms with Gasteiger partial charge in [0.1, 0.15) is 28.7 Å². The molecule has 15 aromatic rings. The highest BCUT2D eigenvalue weighted by Gasteiger charge is 2.43. The Labute approximate surface area is 746 Å². The number of phenolic OH excluding ortho intramolecular Hbond substituents is 5. The van der Waals surface area contributed by atoms with Gasteiger partial charge in [0.2, 0.25) is 0 Å². The van der Waals surface area contributed by atoms with Crippen molar-refractivity contribution in [3.63, 3.8) is 0 Å². The fourth-order valence-electron chi connectivity index (χ4n) is 17.0. The summed E-state index contributed by atoms with van der Waals surface area (Å²) < 4.78 is 8.50. The van der Waals surface area contributed by atoms with Crippen molar-refractivity contribution in [2.75, 3.05) is 145 Å². The molecule has 0 saturated carbocycles. The third-order valence-electron chi connectivity index (χ3n) is 23.9. The molecule has 35 heteroatoms. The molecule has 129 heavy (non-hydrogen) atoms. The highest BCUT2D eigenvalue weighted by molar-refractivity contribution is 5.73. The third kappa shape index (κ3) is 21.3. The van der Waals surface area contributed by atoms with E-state index >= 15 is 0 Å². The van der Waals surface area contributed by atoms with Gasteiger partial charge in [0, 0.05) is 223 Å². The number of aliphatic hydroxyl groups excluding tert-OH is 1. The molecule has 662 valence electrons. The fourth-order valence-corrected chi connectivity index (χ4v) is 17.0. The quantitative estimate of drug-likeness (QED) is 0.0386. The van der Waals surface area contributed by atoms with Crippen LogP contribution in [0, 0.1) is 11.3 Å². The largest absolute Gasteiger partial charge is 0.507 e. The van der Waals surface area contributed by atoms with Crippen LogP contribution in [0.15, 0.2) is 244 Å². The van der Waals surface area contributed by atoms with Gasteiger partial charge in [-0.3, -0.25) is 4.90 Å². The number of nitrogens with one attached hydrogen (secondary N) is 3. The zero-order valence-corrected chi connectivity index (χ0v) is 72.2. The molecule has 21 rings (SSSR count). The topological polar surface area (TPSA) is 395 Å². The lowest BCUT2D eigenvalue weighted by Crippen LogP contribution is -2.54. The first-order valence-corrected chi connectivity index (χ1v) is 43.6. The van der Waals surface area contributed by atoms with E-state index in [2.05, 4.69) is 143 Å². The molecule has 16 heterocycles. The Morgan fingerprint density at radius 3 is 1.06 bits per heavy atom.